The standard InChI is InChI=1S/C21H24N4OS/c1-2-20-22-18(16-27-20)15-23-10-12-25(13-11-23)21(26)17-6-5-7-19(14-17)24-8-3-4-9-24/h3-9,14,16H,2,10-13,15H2,1H3. The van der Waals surface area contributed by atoms with Crippen LogP contribution in [0.2, 0.25) is 0 Å². The van der Waals surface area contributed by atoms with Crippen molar-refractivity contribution < 1.29 is 4.79 Å². The van der Waals surface area contributed by atoms with Crippen LogP contribution in [0.1, 0.15) is 28.0 Å². The van der Waals surface area contributed by atoms with Gasteiger partial charge in [0, 0.05) is 61.7 Å². The molecule has 1 fully saturated rings. The van der Waals surface area contributed by atoms with Gasteiger partial charge in [0.1, 0.15) is 0 Å². The van der Waals surface area contributed by atoms with Crippen LogP contribution < -0.4 is 0 Å². The lowest BCUT2D eigenvalue weighted by atomic mass is 10.1. The molecule has 0 unspecified atom stereocenters. The first-order chi connectivity index (χ1) is 13.2. The fourth-order valence-corrected chi connectivity index (χ4v) is 4.15. The van der Waals surface area contributed by atoms with Crippen molar-refractivity contribution >= 4 is 17.2 Å². The Kier molecular flexibility index (Phi) is 5.36. The predicted molar refractivity (Wildman–Crippen MR) is 108 cm³/mol. The summed E-state index contributed by atoms with van der Waals surface area (Å²) >= 11 is 1.74. The Balaban J connectivity index is 1.36. The highest BCUT2D eigenvalue weighted by molar-refractivity contribution is 7.09. The largest absolute Gasteiger partial charge is 0.336 e. The molecule has 4 rings (SSSR count). The average Bonchev–Trinajstić information content (AvgIpc) is 3.40. The molecule has 0 spiro atoms. The van der Waals surface area contributed by atoms with Crippen LogP contribution in [-0.2, 0) is 13.0 Å². The van der Waals surface area contributed by atoms with E-state index < -0.39 is 0 Å². The van der Waals surface area contributed by atoms with Crippen LogP contribution in [0.3, 0.4) is 0 Å². The van der Waals surface area contributed by atoms with Gasteiger partial charge in [-0.25, -0.2) is 4.98 Å². The topological polar surface area (TPSA) is 41.4 Å². The van der Waals surface area contributed by atoms with Crippen LogP contribution >= 0.6 is 11.3 Å². The van der Waals surface area contributed by atoms with Crippen LogP contribution in [-0.4, -0.2) is 51.4 Å². The minimum absolute atomic E-state index is 0.116. The summed E-state index contributed by atoms with van der Waals surface area (Å²) in [5, 5.41) is 3.35. The number of carbonyl (C=O) groups is 1. The third-order valence-corrected chi connectivity index (χ3v) is 5.98. The van der Waals surface area contributed by atoms with E-state index in [1.807, 2.05) is 58.3 Å². The summed E-state index contributed by atoms with van der Waals surface area (Å²) in [5.74, 6) is 0.116. The number of nitrogens with zero attached hydrogens (tertiary/aromatic N) is 4. The lowest BCUT2D eigenvalue weighted by Crippen LogP contribution is -2.48. The number of thiazole rings is 1. The second-order valence-electron chi connectivity index (χ2n) is 6.80. The van der Waals surface area contributed by atoms with Gasteiger partial charge in [0.05, 0.1) is 10.7 Å². The molecule has 3 heterocycles. The third kappa shape index (κ3) is 4.12. The van der Waals surface area contributed by atoms with Crippen molar-refractivity contribution in [2.24, 2.45) is 0 Å². The lowest BCUT2D eigenvalue weighted by Gasteiger charge is -2.34. The minimum atomic E-state index is 0.116. The van der Waals surface area contributed by atoms with E-state index >= 15 is 0 Å². The van der Waals surface area contributed by atoms with Crippen LogP contribution in [0.15, 0.2) is 54.2 Å². The second kappa shape index (κ2) is 8.06. The van der Waals surface area contributed by atoms with E-state index in [1.54, 1.807) is 11.3 Å². The van der Waals surface area contributed by atoms with Crippen molar-refractivity contribution in [1.29, 1.82) is 0 Å². The molecule has 0 N–H and O–H groups in total. The van der Waals surface area contributed by atoms with Gasteiger partial charge >= 0.3 is 0 Å². The molecule has 1 aliphatic heterocycles. The number of aryl methyl sites for hydroxylation is 1. The van der Waals surface area contributed by atoms with Gasteiger partial charge in [-0.05, 0) is 36.8 Å². The molecular weight excluding hydrogens is 356 g/mol. The first-order valence-electron chi connectivity index (χ1n) is 9.41. The van der Waals surface area contributed by atoms with Gasteiger partial charge in [0.2, 0.25) is 0 Å². The normalized spacial score (nSPS) is 15.2. The molecule has 1 saturated heterocycles. The van der Waals surface area contributed by atoms with Crippen molar-refractivity contribution in [2.75, 3.05) is 26.2 Å². The highest BCUT2D eigenvalue weighted by atomic mass is 32.1. The van der Waals surface area contributed by atoms with E-state index in [1.165, 1.54) is 5.01 Å². The summed E-state index contributed by atoms with van der Waals surface area (Å²) < 4.78 is 2.02. The highest BCUT2D eigenvalue weighted by Crippen LogP contribution is 2.16. The van der Waals surface area contributed by atoms with Gasteiger partial charge in [0.15, 0.2) is 0 Å². The smallest absolute Gasteiger partial charge is 0.254 e. The maximum absolute atomic E-state index is 12.9. The Morgan fingerprint density at radius 2 is 1.89 bits per heavy atom. The Morgan fingerprint density at radius 3 is 2.59 bits per heavy atom. The number of aromatic nitrogens is 2. The molecule has 5 nitrogen and oxygen atoms in total. The van der Waals surface area contributed by atoms with E-state index in [2.05, 4.69) is 22.2 Å². The average molecular weight is 381 g/mol. The van der Waals surface area contributed by atoms with Crippen LogP contribution in [0.4, 0.5) is 0 Å². The van der Waals surface area contributed by atoms with E-state index in [0.29, 0.717) is 0 Å². The number of benzene rings is 1. The molecule has 0 atom stereocenters. The van der Waals surface area contributed by atoms with Gasteiger partial charge in [-0.3, -0.25) is 9.69 Å². The van der Waals surface area contributed by atoms with Gasteiger partial charge in [-0.15, -0.1) is 11.3 Å². The van der Waals surface area contributed by atoms with E-state index in [-0.39, 0.29) is 5.91 Å². The molecule has 1 amide bonds. The number of hydrogen-bond acceptors (Lipinski definition) is 4. The molecule has 0 aliphatic carbocycles. The van der Waals surface area contributed by atoms with E-state index in [0.717, 1.165) is 56.1 Å². The molecule has 0 bridgehead atoms. The van der Waals surface area contributed by atoms with Crippen molar-refractivity contribution in [3.63, 3.8) is 0 Å². The fourth-order valence-electron chi connectivity index (χ4n) is 3.41. The Labute approximate surface area is 163 Å². The number of rotatable bonds is 5. The van der Waals surface area contributed by atoms with Gasteiger partial charge in [-0.2, -0.15) is 0 Å². The van der Waals surface area contributed by atoms with Crippen LogP contribution in [0.5, 0.6) is 0 Å². The van der Waals surface area contributed by atoms with Crippen molar-refractivity contribution in [2.45, 2.75) is 19.9 Å². The zero-order chi connectivity index (χ0) is 18.6. The number of carbonyl (C=O) groups excluding carboxylic acids is 1. The highest BCUT2D eigenvalue weighted by Gasteiger charge is 2.22. The Morgan fingerprint density at radius 1 is 1.11 bits per heavy atom. The molecule has 0 saturated carbocycles. The number of hydrogen-bond donors (Lipinski definition) is 0. The molecule has 1 aliphatic rings. The van der Waals surface area contributed by atoms with Crippen molar-refractivity contribution in [3.8, 4) is 5.69 Å². The van der Waals surface area contributed by atoms with E-state index in [4.69, 9.17) is 0 Å². The third-order valence-electron chi connectivity index (χ3n) is 4.94. The summed E-state index contributed by atoms with van der Waals surface area (Å²) in [5.41, 5.74) is 2.91. The van der Waals surface area contributed by atoms with Crippen LogP contribution in [0.25, 0.3) is 5.69 Å². The summed E-state index contributed by atoms with van der Waals surface area (Å²) in [6.07, 6.45) is 4.98. The second-order valence-corrected chi connectivity index (χ2v) is 7.74. The first-order valence-corrected chi connectivity index (χ1v) is 10.3. The maximum Gasteiger partial charge on any atom is 0.254 e. The number of amides is 1. The quantitative estimate of drug-likeness (QED) is 0.681. The monoisotopic (exact) mass is 380 g/mol. The van der Waals surface area contributed by atoms with Crippen molar-refractivity contribution in [3.05, 3.63) is 70.4 Å². The van der Waals surface area contributed by atoms with Gasteiger partial charge in [0.25, 0.3) is 5.91 Å². The Hall–Kier alpha value is -2.44. The summed E-state index contributed by atoms with van der Waals surface area (Å²) in [6.45, 7) is 6.32. The molecule has 140 valence electrons. The molecule has 2 aromatic heterocycles. The number of piperazine rings is 1. The molecule has 3 aromatic rings. The van der Waals surface area contributed by atoms with Gasteiger partial charge < -0.3 is 9.47 Å². The SMILES string of the molecule is CCc1nc(CN2CCN(C(=O)c3cccc(-n4cccc4)c3)CC2)cs1. The fraction of sp³-hybridized carbons (Fsp3) is 0.333. The van der Waals surface area contributed by atoms with Crippen LogP contribution in [0, 0.1) is 0 Å². The van der Waals surface area contributed by atoms with E-state index in [9.17, 15) is 4.79 Å². The summed E-state index contributed by atoms with van der Waals surface area (Å²) in [6, 6.07) is 11.8. The molecule has 0 radical (unpaired) electrons. The molecule has 6 heteroatoms. The molecule has 27 heavy (non-hydrogen) atoms. The first kappa shape index (κ1) is 17.9. The molecule has 1 aromatic carbocycles. The molecular formula is C21H24N4OS. The maximum atomic E-state index is 12.9. The minimum Gasteiger partial charge on any atom is -0.336 e. The summed E-state index contributed by atoms with van der Waals surface area (Å²) in [4.78, 5) is 21.9. The van der Waals surface area contributed by atoms with Crippen molar-refractivity contribution in [1.82, 2.24) is 19.4 Å². The van der Waals surface area contributed by atoms with Gasteiger partial charge in [-0.1, -0.05) is 13.0 Å². The Bertz CT molecular complexity index is 895. The lowest BCUT2D eigenvalue weighted by molar-refractivity contribution is 0.0627. The summed E-state index contributed by atoms with van der Waals surface area (Å²) in [7, 11) is 0. The predicted octanol–water partition coefficient (Wildman–Crippen LogP) is 3.45. The zero-order valence-corrected chi connectivity index (χ0v) is 16.4. The zero-order valence-electron chi connectivity index (χ0n) is 15.5.